The molecule has 0 N–H and O–H groups in total. The van der Waals surface area contributed by atoms with Crippen molar-refractivity contribution in [1.82, 2.24) is 9.80 Å². The standard InChI is InChI=1S/C17H20N4/c1-2-13-10-21(11-15-16(13)14(3-1)18-19-15)12-17-4-7-20(8-5-17)9-6-17/h1-3,10H,4-9,11-12H2. The van der Waals surface area contributed by atoms with Crippen LogP contribution in [0.5, 0.6) is 0 Å². The molecule has 3 fully saturated rings. The molecule has 0 aromatic heterocycles. The minimum absolute atomic E-state index is 0.538. The number of piperidine rings is 3. The molecule has 0 aliphatic carbocycles. The number of azo groups is 1. The zero-order valence-electron chi connectivity index (χ0n) is 12.3. The molecule has 1 aromatic carbocycles. The SMILES string of the molecule is C1=c2cccc3c2=C(CN1CC12CCN(CC1)CC2)N=N3. The van der Waals surface area contributed by atoms with Gasteiger partial charge in [0.25, 0.3) is 0 Å². The van der Waals surface area contributed by atoms with E-state index in [1.54, 1.807) is 0 Å². The van der Waals surface area contributed by atoms with Gasteiger partial charge in [0.05, 0.1) is 17.9 Å². The van der Waals surface area contributed by atoms with Crippen LogP contribution >= 0.6 is 0 Å². The van der Waals surface area contributed by atoms with Gasteiger partial charge >= 0.3 is 0 Å². The van der Waals surface area contributed by atoms with Crippen LogP contribution in [0.1, 0.15) is 19.3 Å². The summed E-state index contributed by atoms with van der Waals surface area (Å²) in [5, 5.41) is 11.3. The predicted molar refractivity (Wildman–Crippen MR) is 82.4 cm³/mol. The summed E-state index contributed by atoms with van der Waals surface area (Å²) in [6.45, 7) is 6.00. The summed E-state index contributed by atoms with van der Waals surface area (Å²) < 4.78 is 0. The molecule has 0 saturated carbocycles. The third-order valence-corrected chi connectivity index (χ3v) is 5.73. The lowest BCUT2D eigenvalue weighted by Crippen LogP contribution is -2.53. The van der Waals surface area contributed by atoms with E-state index >= 15 is 0 Å². The van der Waals surface area contributed by atoms with Crippen molar-refractivity contribution in [3.05, 3.63) is 28.6 Å². The molecule has 3 saturated heterocycles. The van der Waals surface area contributed by atoms with Crippen molar-refractivity contribution in [2.24, 2.45) is 15.6 Å². The molecular weight excluding hydrogens is 260 g/mol. The highest BCUT2D eigenvalue weighted by Gasteiger charge is 2.40. The normalized spacial score (nSPS) is 32.3. The van der Waals surface area contributed by atoms with Crippen molar-refractivity contribution in [2.45, 2.75) is 19.3 Å². The molecule has 4 heteroatoms. The molecule has 0 radical (unpaired) electrons. The Labute approximate surface area is 124 Å². The fraction of sp³-hybridized carbons (Fsp3) is 0.529. The highest BCUT2D eigenvalue weighted by molar-refractivity contribution is 5.61. The van der Waals surface area contributed by atoms with E-state index in [4.69, 9.17) is 0 Å². The Morgan fingerprint density at radius 3 is 2.67 bits per heavy atom. The summed E-state index contributed by atoms with van der Waals surface area (Å²) in [6, 6.07) is 6.35. The minimum atomic E-state index is 0.538. The van der Waals surface area contributed by atoms with Crippen molar-refractivity contribution in [3.63, 3.8) is 0 Å². The van der Waals surface area contributed by atoms with Crippen LogP contribution < -0.4 is 10.4 Å². The van der Waals surface area contributed by atoms with Gasteiger partial charge in [0.1, 0.15) is 0 Å². The van der Waals surface area contributed by atoms with E-state index in [1.807, 2.05) is 0 Å². The van der Waals surface area contributed by atoms with E-state index < -0.39 is 0 Å². The molecule has 2 bridgehead atoms. The van der Waals surface area contributed by atoms with E-state index in [9.17, 15) is 0 Å². The Bertz CT molecular complexity index is 727. The van der Waals surface area contributed by atoms with E-state index in [-0.39, 0.29) is 0 Å². The van der Waals surface area contributed by atoms with Crippen molar-refractivity contribution in [2.75, 3.05) is 32.7 Å². The lowest BCUT2D eigenvalue weighted by Gasteiger charge is -2.50. The van der Waals surface area contributed by atoms with Gasteiger partial charge in [-0.1, -0.05) is 12.1 Å². The molecule has 0 spiro atoms. The number of benzene rings is 1. The van der Waals surface area contributed by atoms with Crippen LogP contribution in [0.3, 0.4) is 0 Å². The maximum Gasteiger partial charge on any atom is 0.0955 e. The zero-order valence-corrected chi connectivity index (χ0v) is 12.3. The van der Waals surface area contributed by atoms with E-state index in [2.05, 4.69) is 44.4 Å². The molecular formula is C17H20N4. The van der Waals surface area contributed by atoms with Gasteiger partial charge in [-0.15, -0.1) is 0 Å². The average Bonchev–Trinajstić information content (AvgIpc) is 2.94. The van der Waals surface area contributed by atoms with Crippen molar-refractivity contribution in [3.8, 4) is 0 Å². The maximum absolute atomic E-state index is 4.41. The first-order chi connectivity index (χ1) is 10.3. The summed E-state index contributed by atoms with van der Waals surface area (Å²) in [7, 11) is 0. The van der Waals surface area contributed by atoms with Gasteiger partial charge in [0.2, 0.25) is 0 Å². The van der Waals surface area contributed by atoms with Crippen LogP contribution in [0, 0.1) is 5.41 Å². The molecule has 5 heterocycles. The highest BCUT2D eigenvalue weighted by Crippen LogP contribution is 2.41. The number of hydrogen-bond donors (Lipinski definition) is 0. The second kappa shape index (κ2) is 4.17. The maximum atomic E-state index is 4.41. The molecule has 0 amide bonds. The van der Waals surface area contributed by atoms with Gasteiger partial charge in [-0.2, -0.15) is 10.2 Å². The van der Waals surface area contributed by atoms with Crippen molar-refractivity contribution < 1.29 is 0 Å². The van der Waals surface area contributed by atoms with Gasteiger partial charge in [0, 0.05) is 23.2 Å². The van der Waals surface area contributed by atoms with Crippen LogP contribution in [0.25, 0.3) is 11.9 Å². The smallest absolute Gasteiger partial charge is 0.0955 e. The van der Waals surface area contributed by atoms with E-state index in [0.29, 0.717) is 5.41 Å². The Kier molecular flexibility index (Phi) is 2.37. The topological polar surface area (TPSA) is 31.2 Å². The number of nitrogens with zero attached hydrogens (tertiary/aromatic N) is 4. The number of fused-ring (bicyclic) bond motifs is 3. The van der Waals surface area contributed by atoms with Gasteiger partial charge in [-0.25, -0.2) is 0 Å². The predicted octanol–water partition coefficient (Wildman–Crippen LogP) is 1.43. The average molecular weight is 280 g/mol. The monoisotopic (exact) mass is 280 g/mol. The van der Waals surface area contributed by atoms with Gasteiger partial charge in [-0.3, -0.25) is 0 Å². The first-order valence-corrected chi connectivity index (χ1v) is 8.04. The Morgan fingerprint density at radius 2 is 1.86 bits per heavy atom. The summed E-state index contributed by atoms with van der Waals surface area (Å²) in [5.74, 6) is 0. The molecule has 4 nitrogen and oxygen atoms in total. The Hall–Kier alpha value is -1.68. The quantitative estimate of drug-likeness (QED) is 0.820. The van der Waals surface area contributed by atoms with Crippen molar-refractivity contribution in [1.29, 1.82) is 0 Å². The minimum Gasteiger partial charge on any atom is -0.370 e. The van der Waals surface area contributed by atoms with Gasteiger partial charge in [-0.05, 0) is 50.4 Å². The molecule has 5 aliphatic heterocycles. The molecule has 0 unspecified atom stereocenters. The molecule has 6 rings (SSSR count). The first-order valence-electron chi connectivity index (χ1n) is 8.04. The van der Waals surface area contributed by atoms with Crippen LogP contribution in [0.2, 0.25) is 0 Å². The number of rotatable bonds is 2. The molecule has 0 atom stereocenters. The van der Waals surface area contributed by atoms with Gasteiger partial charge in [0.15, 0.2) is 0 Å². The van der Waals surface area contributed by atoms with Crippen LogP contribution in [0.4, 0.5) is 5.69 Å². The van der Waals surface area contributed by atoms with E-state index in [0.717, 1.165) is 17.9 Å². The molecule has 108 valence electrons. The largest absolute Gasteiger partial charge is 0.370 e. The fourth-order valence-electron chi connectivity index (χ4n) is 4.44. The summed E-state index contributed by atoms with van der Waals surface area (Å²) >= 11 is 0. The number of hydrogen-bond acceptors (Lipinski definition) is 4. The summed E-state index contributed by atoms with van der Waals surface area (Å²) in [5.41, 5.74) is 2.74. The summed E-state index contributed by atoms with van der Waals surface area (Å²) in [4.78, 5) is 5.11. The first kappa shape index (κ1) is 11.9. The Morgan fingerprint density at radius 1 is 1.05 bits per heavy atom. The summed E-state index contributed by atoms with van der Waals surface area (Å²) in [6.07, 6.45) is 6.43. The molecule has 1 aromatic rings. The second-order valence-electron chi connectivity index (χ2n) is 7.01. The van der Waals surface area contributed by atoms with Crippen molar-refractivity contribution >= 4 is 17.6 Å². The third-order valence-electron chi connectivity index (χ3n) is 5.73. The Balaban J connectivity index is 1.48. The lowest BCUT2D eigenvalue weighted by molar-refractivity contribution is 0.0123. The lowest BCUT2D eigenvalue weighted by atomic mass is 9.71. The highest BCUT2D eigenvalue weighted by atomic mass is 15.2. The van der Waals surface area contributed by atoms with Crippen LogP contribution in [0.15, 0.2) is 28.4 Å². The fourth-order valence-corrected chi connectivity index (χ4v) is 4.44. The molecule has 5 aliphatic rings. The zero-order chi connectivity index (χ0) is 13.9. The second-order valence-corrected chi connectivity index (χ2v) is 7.01. The molecule has 21 heavy (non-hydrogen) atoms. The third kappa shape index (κ3) is 1.78. The van der Waals surface area contributed by atoms with Crippen LogP contribution in [-0.4, -0.2) is 42.5 Å². The van der Waals surface area contributed by atoms with E-state index in [1.165, 1.54) is 55.9 Å². The van der Waals surface area contributed by atoms with Gasteiger partial charge < -0.3 is 9.80 Å². The van der Waals surface area contributed by atoms with Crippen LogP contribution in [-0.2, 0) is 0 Å².